The van der Waals surface area contributed by atoms with E-state index < -0.39 is 12.1 Å². The van der Waals surface area contributed by atoms with Crippen LogP contribution in [0.5, 0.6) is 0 Å². The third-order valence-electron chi connectivity index (χ3n) is 3.94. The summed E-state index contributed by atoms with van der Waals surface area (Å²) in [6.45, 7) is 0.286. The highest BCUT2D eigenvalue weighted by atomic mass is 16.6. The molecule has 0 bridgehead atoms. The molecule has 7 heteroatoms. The standard InChI is InChI=1S/C16H18N2O5/c1-22-15(20)14-11(4-5-19)12-7-9(2-3-13(12)18-14)6-10-8-23-16(21)17-10/h2-3,7,10,18-19H,4-6,8H2,1H3,(H,17,21). The molecule has 0 aliphatic carbocycles. The normalized spacial score (nSPS) is 17.1. The van der Waals surface area contributed by atoms with Gasteiger partial charge in [0.05, 0.1) is 13.2 Å². The molecule has 0 saturated carbocycles. The van der Waals surface area contributed by atoms with Crippen molar-refractivity contribution in [1.82, 2.24) is 10.3 Å². The van der Waals surface area contributed by atoms with Gasteiger partial charge in [0.25, 0.3) is 0 Å². The van der Waals surface area contributed by atoms with Crippen LogP contribution in [-0.2, 0) is 22.3 Å². The zero-order valence-corrected chi connectivity index (χ0v) is 12.7. The van der Waals surface area contributed by atoms with E-state index in [0.717, 1.165) is 22.0 Å². The van der Waals surface area contributed by atoms with Crippen molar-refractivity contribution in [2.24, 2.45) is 0 Å². The molecule has 1 atom stereocenters. The number of alkyl carbamates (subject to hydrolysis) is 1. The van der Waals surface area contributed by atoms with Crippen LogP contribution in [0.15, 0.2) is 18.2 Å². The Hall–Kier alpha value is -2.54. The second kappa shape index (κ2) is 6.29. The number of aliphatic hydroxyl groups excluding tert-OH is 1. The summed E-state index contributed by atoms with van der Waals surface area (Å²) >= 11 is 0. The number of methoxy groups -OCH3 is 1. The van der Waals surface area contributed by atoms with Crippen LogP contribution in [0.1, 0.15) is 21.6 Å². The van der Waals surface area contributed by atoms with Crippen LogP contribution in [0.4, 0.5) is 4.79 Å². The minimum atomic E-state index is -0.456. The molecule has 23 heavy (non-hydrogen) atoms. The quantitative estimate of drug-likeness (QED) is 0.718. The van der Waals surface area contributed by atoms with E-state index in [2.05, 4.69) is 10.3 Å². The van der Waals surface area contributed by atoms with Gasteiger partial charge in [0.2, 0.25) is 0 Å². The topological polar surface area (TPSA) is 101 Å². The lowest BCUT2D eigenvalue weighted by Crippen LogP contribution is -2.28. The van der Waals surface area contributed by atoms with Crippen LogP contribution in [0.25, 0.3) is 10.9 Å². The largest absolute Gasteiger partial charge is 0.464 e. The number of aliphatic hydroxyl groups is 1. The molecule has 1 saturated heterocycles. The number of carbonyl (C=O) groups is 2. The first-order valence-corrected chi connectivity index (χ1v) is 7.38. The SMILES string of the molecule is COC(=O)c1[nH]c2ccc(CC3COC(=O)N3)cc2c1CCO. The fraction of sp³-hybridized carbons (Fsp3) is 0.375. The first kappa shape index (κ1) is 15.4. The number of hydrogen-bond donors (Lipinski definition) is 3. The number of fused-ring (bicyclic) bond motifs is 1. The Morgan fingerprint density at radius 2 is 2.30 bits per heavy atom. The highest BCUT2D eigenvalue weighted by molar-refractivity contribution is 5.98. The van der Waals surface area contributed by atoms with Crippen molar-refractivity contribution in [1.29, 1.82) is 0 Å². The molecule has 1 aromatic heterocycles. The number of cyclic esters (lactones) is 1. The first-order chi connectivity index (χ1) is 11.1. The molecule has 3 rings (SSSR count). The smallest absolute Gasteiger partial charge is 0.407 e. The number of aromatic amines is 1. The van der Waals surface area contributed by atoms with Gasteiger partial charge in [-0.25, -0.2) is 9.59 Å². The van der Waals surface area contributed by atoms with Gasteiger partial charge in [-0.3, -0.25) is 0 Å². The molecule has 2 heterocycles. The fourth-order valence-corrected chi connectivity index (χ4v) is 2.89. The summed E-state index contributed by atoms with van der Waals surface area (Å²) in [7, 11) is 1.32. The van der Waals surface area contributed by atoms with Crippen molar-refractivity contribution in [2.45, 2.75) is 18.9 Å². The van der Waals surface area contributed by atoms with E-state index in [1.165, 1.54) is 7.11 Å². The number of amides is 1. The summed E-state index contributed by atoms with van der Waals surface area (Å²) in [6, 6.07) is 5.73. The maximum Gasteiger partial charge on any atom is 0.407 e. The van der Waals surface area contributed by atoms with E-state index in [0.29, 0.717) is 25.1 Å². The van der Waals surface area contributed by atoms with E-state index in [4.69, 9.17) is 9.47 Å². The van der Waals surface area contributed by atoms with E-state index in [9.17, 15) is 14.7 Å². The van der Waals surface area contributed by atoms with Gasteiger partial charge in [0.1, 0.15) is 12.3 Å². The van der Waals surface area contributed by atoms with Gasteiger partial charge in [0.15, 0.2) is 0 Å². The molecule has 122 valence electrons. The van der Waals surface area contributed by atoms with Gasteiger partial charge >= 0.3 is 12.1 Å². The van der Waals surface area contributed by atoms with E-state index in [1.54, 1.807) is 0 Å². The molecule has 1 amide bonds. The van der Waals surface area contributed by atoms with E-state index >= 15 is 0 Å². The summed E-state index contributed by atoms with van der Waals surface area (Å²) in [5.41, 5.74) is 2.93. The van der Waals surface area contributed by atoms with Crippen LogP contribution in [0.2, 0.25) is 0 Å². The maximum atomic E-state index is 11.9. The van der Waals surface area contributed by atoms with Crippen LogP contribution in [0.3, 0.4) is 0 Å². The number of ether oxygens (including phenoxy) is 2. The van der Waals surface area contributed by atoms with Crippen LogP contribution in [0, 0.1) is 0 Å². The molecule has 2 aromatic rings. The van der Waals surface area contributed by atoms with E-state index in [-0.39, 0.29) is 12.6 Å². The Morgan fingerprint density at radius 3 is 2.96 bits per heavy atom. The Kier molecular flexibility index (Phi) is 4.20. The number of esters is 1. The molecule has 0 spiro atoms. The summed E-state index contributed by atoms with van der Waals surface area (Å²) < 4.78 is 9.67. The lowest BCUT2D eigenvalue weighted by molar-refractivity contribution is 0.0593. The first-order valence-electron chi connectivity index (χ1n) is 7.38. The van der Waals surface area contributed by atoms with E-state index in [1.807, 2.05) is 18.2 Å². The fourth-order valence-electron chi connectivity index (χ4n) is 2.89. The second-order valence-corrected chi connectivity index (χ2v) is 5.47. The number of carbonyl (C=O) groups excluding carboxylic acids is 2. The number of nitrogens with one attached hydrogen (secondary N) is 2. The molecular weight excluding hydrogens is 300 g/mol. The van der Waals surface area contributed by atoms with Crippen molar-refractivity contribution in [3.05, 3.63) is 35.0 Å². The lowest BCUT2D eigenvalue weighted by atomic mass is 10.0. The predicted octanol–water partition coefficient (Wildman–Crippen LogP) is 1.14. The van der Waals surface area contributed by atoms with Gasteiger partial charge in [-0.1, -0.05) is 6.07 Å². The average Bonchev–Trinajstić information content (AvgIpc) is 3.11. The summed E-state index contributed by atoms with van der Waals surface area (Å²) in [4.78, 5) is 26.0. The highest BCUT2D eigenvalue weighted by Gasteiger charge is 2.23. The third-order valence-corrected chi connectivity index (χ3v) is 3.94. The number of hydrogen-bond acceptors (Lipinski definition) is 5. The minimum absolute atomic E-state index is 0.0553. The zero-order chi connectivity index (χ0) is 16.4. The summed E-state index contributed by atoms with van der Waals surface area (Å²) in [5, 5.41) is 12.9. The summed E-state index contributed by atoms with van der Waals surface area (Å²) in [6.07, 6.45) is 0.600. The Morgan fingerprint density at radius 1 is 1.48 bits per heavy atom. The Balaban J connectivity index is 1.95. The molecule has 3 N–H and O–H groups in total. The number of benzene rings is 1. The number of rotatable bonds is 5. The minimum Gasteiger partial charge on any atom is -0.464 e. The Bertz CT molecular complexity index is 752. The molecule has 1 unspecified atom stereocenters. The molecule has 1 aliphatic heterocycles. The van der Waals surface area contributed by atoms with Gasteiger partial charge in [-0.2, -0.15) is 0 Å². The number of H-pyrrole nitrogens is 1. The second-order valence-electron chi connectivity index (χ2n) is 5.47. The molecule has 7 nitrogen and oxygen atoms in total. The van der Waals surface area contributed by atoms with Crippen LogP contribution < -0.4 is 5.32 Å². The zero-order valence-electron chi connectivity index (χ0n) is 12.7. The van der Waals surface area contributed by atoms with Crippen LogP contribution >= 0.6 is 0 Å². The predicted molar refractivity (Wildman–Crippen MR) is 82.4 cm³/mol. The number of aromatic nitrogens is 1. The maximum absolute atomic E-state index is 11.9. The highest BCUT2D eigenvalue weighted by Crippen LogP contribution is 2.25. The van der Waals surface area contributed by atoms with Crippen molar-refractivity contribution in [3.63, 3.8) is 0 Å². The third kappa shape index (κ3) is 3.00. The Labute approximate surface area is 132 Å². The molecule has 1 fully saturated rings. The molecule has 1 aromatic carbocycles. The lowest BCUT2D eigenvalue weighted by Gasteiger charge is -2.08. The van der Waals surface area contributed by atoms with Crippen molar-refractivity contribution >= 4 is 23.0 Å². The van der Waals surface area contributed by atoms with Crippen molar-refractivity contribution in [2.75, 3.05) is 20.3 Å². The van der Waals surface area contributed by atoms with Gasteiger partial charge in [-0.15, -0.1) is 0 Å². The van der Waals surface area contributed by atoms with Gasteiger partial charge < -0.3 is 24.9 Å². The van der Waals surface area contributed by atoms with Crippen LogP contribution in [-0.4, -0.2) is 48.5 Å². The molecule has 0 radical (unpaired) electrons. The van der Waals surface area contributed by atoms with Gasteiger partial charge in [-0.05, 0) is 36.1 Å². The monoisotopic (exact) mass is 318 g/mol. The van der Waals surface area contributed by atoms with Crippen molar-refractivity contribution in [3.8, 4) is 0 Å². The van der Waals surface area contributed by atoms with Crippen molar-refractivity contribution < 1.29 is 24.2 Å². The molecule has 1 aliphatic rings. The summed E-state index contributed by atoms with van der Waals surface area (Å²) in [5.74, 6) is -0.456. The average molecular weight is 318 g/mol. The van der Waals surface area contributed by atoms with Gasteiger partial charge in [0, 0.05) is 17.5 Å². The molecular formula is C16H18N2O5.